The number of carboxylic acids is 1. The average molecular weight is 358 g/mol. The third kappa shape index (κ3) is 4.26. The first kappa shape index (κ1) is 18.7. The molecule has 1 saturated heterocycles. The van der Waals surface area contributed by atoms with Crippen molar-refractivity contribution in [2.75, 3.05) is 6.61 Å². The van der Waals surface area contributed by atoms with Crippen LogP contribution in [-0.2, 0) is 9.53 Å². The number of aromatic hydroxyl groups is 1. The second-order valence-electron chi connectivity index (χ2n) is 5.22. The van der Waals surface area contributed by atoms with E-state index >= 15 is 0 Å². The third-order valence-electron chi connectivity index (χ3n) is 3.49. The van der Waals surface area contributed by atoms with Gasteiger partial charge >= 0.3 is 5.97 Å². The highest BCUT2D eigenvalue weighted by molar-refractivity contribution is 8.04. The predicted octanol–water partition coefficient (Wildman–Crippen LogP) is -0.649. The van der Waals surface area contributed by atoms with E-state index in [9.17, 15) is 30.3 Å². The van der Waals surface area contributed by atoms with Gasteiger partial charge in [-0.15, -0.1) is 0 Å². The fourth-order valence-electron chi connectivity index (χ4n) is 2.16. The van der Waals surface area contributed by atoms with E-state index in [4.69, 9.17) is 9.84 Å². The summed E-state index contributed by atoms with van der Waals surface area (Å²) in [5.41, 5.74) is -0.678. The number of rotatable bonds is 5. The van der Waals surface area contributed by atoms with Crippen molar-refractivity contribution in [1.82, 2.24) is 0 Å². The predicted molar refractivity (Wildman–Crippen MR) is 85.1 cm³/mol. The van der Waals surface area contributed by atoms with Gasteiger partial charge in [0.15, 0.2) is 0 Å². The Kier molecular flexibility index (Phi) is 6.21. The molecule has 0 spiro atoms. The molecule has 8 nitrogen and oxygen atoms in total. The normalized spacial score (nSPS) is 31.0. The van der Waals surface area contributed by atoms with Gasteiger partial charge in [0.1, 0.15) is 35.6 Å². The highest BCUT2D eigenvalue weighted by Crippen LogP contribution is 2.34. The summed E-state index contributed by atoms with van der Waals surface area (Å²) in [7, 11) is 0. The molecular weight excluding hydrogens is 340 g/mol. The molecule has 0 bridgehead atoms. The number of aliphatic hydroxyl groups excluding tert-OH is 4. The quantitative estimate of drug-likeness (QED) is 0.378. The van der Waals surface area contributed by atoms with E-state index in [-0.39, 0.29) is 10.7 Å². The minimum Gasteiger partial charge on any atom is -0.508 e. The lowest BCUT2D eigenvalue weighted by Crippen LogP contribution is -2.57. The maximum Gasteiger partial charge on any atom is 0.342 e. The maximum absolute atomic E-state index is 11.4. The molecule has 1 aromatic rings. The summed E-state index contributed by atoms with van der Waals surface area (Å²) in [5.74, 6) is -1.24. The van der Waals surface area contributed by atoms with E-state index in [1.54, 1.807) is 0 Å². The third-order valence-corrected chi connectivity index (χ3v) is 4.66. The first-order valence-corrected chi connectivity index (χ1v) is 7.92. The largest absolute Gasteiger partial charge is 0.508 e. The Hall–Kier alpha value is -1.62. The molecule has 2 rings (SSSR count). The van der Waals surface area contributed by atoms with Crippen molar-refractivity contribution in [3.8, 4) is 5.75 Å². The Morgan fingerprint density at radius 2 is 1.75 bits per heavy atom. The monoisotopic (exact) mass is 358 g/mol. The Balaban J connectivity index is 2.20. The van der Waals surface area contributed by atoms with Crippen LogP contribution in [0.15, 0.2) is 29.2 Å². The second kappa shape index (κ2) is 7.97. The van der Waals surface area contributed by atoms with Crippen LogP contribution in [-0.4, -0.2) is 73.1 Å². The molecule has 0 aliphatic carbocycles. The second-order valence-corrected chi connectivity index (χ2v) is 6.36. The standard InChI is InChI=1S/C15H18O8S/c16-6-9-11(18)12(19)13(20)15(23-9)24-10(14(21)22)5-7-1-3-8(17)4-2-7/h1-5,9,11-13,15-20H,6H2,(H,21,22)/b10-5-/t9?,11-,12?,13?,15+/m1/s1. The number of ether oxygens (including phenoxy) is 1. The SMILES string of the molecule is O=C(O)/C(=C/c1ccc(O)cc1)S[C@@H]1OC(CO)[C@@H](O)C(O)C1O. The molecule has 1 aromatic carbocycles. The van der Waals surface area contributed by atoms with E-state index in [0.717, 1.165) is 0 Å². The minimum atomic E-state index is -1.57. The van der Waals surface area contributed by atoms with Crippen molar-refractivity contribution in [2.24, 2.45) is 0 Å². The fourth-order valence-corrected chi connectivity index (χ4v) is 3.21. The number of aliphatic hydroxyl groups is 4. The van der Waals surface area contributed by atoms with Crippen LogP contribution in [0.3, 0.4) is 0 Å². The Labute approximate surface area is 141 Å². The van der Waals surface area contributed by atoms with Crippen LogP contribution < -0.4 is 0 Å². The molecule has 24 heavy (non-hydrogen) atoms. The van der Waals surface area contributed by atoms with Gasteiger partial charge in [-0.2, -0.15) is 0 Å². The number of phenols is 1. The van der Waals surface area contributed by atoms with Gasteiger partial charge in [-0.1, -0.05) is 23.9 Å². The van der Waals surface area contributed by atoms with Crippen molar-refractivity contribution >= 4 is 23.8 Å². The van der Waals surface area contributed by atoms with Gasteiger partial charge in [0.05, 0.1) is 11.5 Å². The molecule has 1 aliphatic rings. The van der Waals surface area contributed by atoms with Crippen LogP contribution in [0.25, 0.3) is 6.08 Å². The summed E-state index contributed by atoms with van der Waals surface area (Å²) in [6.45, 7) is -0.591. The summed E-state index contributed by atoms with van der Waals surface area (Å²) < 4.78 is 5.28. The average Bonchev–Trinajstić information content (AvgIpc) is 2.56. The van der Waals surface area contributed by atoms with Crippen LogP contribution >= 0.6 is 11.8 Å². The fraction of sp³-hybridized carbons (Fsp3) is 0.400. The van der Waals surface area contributed by atoms with E-state index in [2.05, 4.69) is 0 Å². The Bertz CT molecular complexity index is 600. The summed E-state index contributed by atoms with van der Waals surface area (Å²) in [4.78, 5) is 11.2. The van der Waals surface area contributed by atoms with Gasteiger partial charge in [0, 0.05) is 0 Å². The number of hydrogen-bond donors (Lipinski definition) is 6. The van der Waals surface area contributed by atoms with E-state index in [1.807, 2.05) is 0 Å². The van der Waals surface area contributed by atoms with Crippen LogP contribution in [0.2, 0.25) is 0 Å². The van der Waals surface area contributed by atoms with Crippen molar-refractivity contribution < 1.29 is 40.2 Å². The van der Waals surface area contributed by atoms with E-state index in [1.165, 1.54) is 30.3 Å². The highest BCUT2D eigenvalue weighted by atomic mass is 32.2. The molecule has 9 heteroatoms. The van der Waals surface area contributed by atoms with Crippen molar-refractivity contribution in [2.45, 2.75) is 29.9 Å². The Morgan fingerprint density at radius 1 is 1.12 bits per heavy atom. The lowest BCUT2D eigenvalue weighted by Gasteiger charge is -2.39. The summed E-state index contributed by atoms with van der Waals surface area (Å²) >= 11 is 0.650. The number of benzene rings is 1. The lowest BCUT2D eigenvalue weighted by molar-refractivity contribution is -0.205. The number of hydrogen-bond acceptors (Lipinski definition) is 8. The first-order valence-electron chi connectivity index (χ1n) is 7.04. The molecule has 132 valence electrons. The van der Waals surface area contributed by atoms with Gasteiger partial charge in [-0.3, -0.25) is 0 Å². The number of thioether (sulfide) groups is 1. The summed E-state index contributed by atoms with van der Waals surface area (Å²) in [5, 5.41) is 57.1. The molecule has 0 radical (unpaired) electrons. The lowest BCUT2D eigenvalue weighted by atomic mass is 10.0. The minimum absolute atomic E-state index is 0.0330. The molecular formula is C15H18O8S. The topological polar surface area (TPSA) is 148 Å². The van der Waals surface area contributed by atoms with Crippen LogP contribution in [0.4, 0.5) is 0 Å². The molecule has 1 fully saturated rings. The number of carboxylic acid groups (broad SMARTS) is 1. The summed E-state index contributed by atoms with van der Waals surface area (Å²) in [6, 6.07) is 5.80. The zero-order valence-corrected chi connectivity index (χ0v) is 13.2. The summed E-state index contributed by atoms with van der Waals surface area (Å²) in [6.07, 6.45) is -4.40. The van der Waals surface area contributed by atoms with Gasteiger partial charge in [-0.25, -0.2) is 4.79 Å². The van der Waals surface area contributed by atoms with Gasteiger partial charge in [0.2, 0.25) is 0 Å². The molecule has 5 atom stereocenters. The smallest absolute Gasteiger partial charge is 0.342 e. The molecule has 3 unspecified atom stereocenters. The van der Waals surface area contributed by atoms with Crippen molar-refractivity contribution in [1.29, 1.82) is 0 Å². The number of phenolic OH excluding ortho intramolecular Hbond substituents is 1. The van der Waals surface area contributed by atoms with Crippen molar-refractivity contribution in [3.63, 3.8) is 0 Å². The molecule has 6 N–H and O–H groups in total. The van der Waals surface area contributed by atoms with Crippen molar-refractivity contribution in [3.05, 3.63) is 34.7 Å². The van der Waals surface area contributed by atoms with Crippen LogP contribution in [0.5, 0.6) is 5.75 Å². The van der Waals surface area contributed by atoms with Crippen LogP contribution in [0.1, 0.15) is 5.56 Å². The van der Waals surface area contributed by atoms with Crippen LogP contribution in [0, 0.1) is 0 Å². The molecule has 1 aliphatic heterocycles. The van der Waals surface area contributed by atoms with Gasteiger partial charge in [0.25, 0.3) is 0 Å². The molecule has 1 heterocycles. The van der Waals surface area contributed by atoms with E-state index < -0.39 is 42.4 Å². The van der Waals surface area contributed by atoms with Gasteiger partial charge < -0.3 is 35.4 Å². The first-order chi connectivity index (χ1) is 11.3. The number of carbonyl (C=O) groups is 1. The molecule has 0 amide bonds. The maximum atomic E-state index is 11.4. The molecule has 0 saturated carbocycles. The van der Waals surface area contributed by atoms with Gasteiger partial charge in [-0.05, 0) is 23.8 Å². The molecule has 0 aromatic heterocycles. The zero-order chi connectivity index (χ0) is 17.9. The zero-order valence-electron chi connectivity index (χ0n) is 12.4. The highest BCUT2D eigenvalue weighted by Gasteiger charge is 2.44. The Morgan fingerprint density at radius 3 is 2.29 bits per heavy atom. The van der Waals surface area contributed by atoms with E-state index in [0.29, 0.717) is 17.3 Å². The number of aliphatic carboxylic acids is 1.